The average molecular weight is 328 g/mol. The van der Waals surface area contributed by atoms with E-state index in [1.165, 1.54) is 0 Å². The summed E-state index contributed by atoms with van der Waals surface area (Å²) in [6, 6.07) is 5.85. The summed E-state index contributed by atoms with van der Waals surface area (Å²) in [6.45, 7) is 3.71. The van der Waals surface area contributed by atoms with Crippen LogP contribution in [0.15, 0.2) is 22.7 Å². The van der Waals surface area contributed by atoms with Crippen molar-refractivity contribution in [2.45, 2.75) is 12.8 Å². The lowest BCUT2D eigenvalue weighted by Gasteiger charge is -2.19. The predicted molar refractivity (Wildman–Crippen MR) is 76.4 cm³/mol. The van der Waals surface area contributed by atoms with Gasteiger partial charge in [0.1, 0.15) is 5.75 Å². The van der Waals surface area contributed by atoms with Gasteiger partial charge in [0, 0.05) is 23.5 Å². The SMILES string of the molecule is CCOC(=O)[C@@H]1CNC[C@H]1c1ccc(OC)cc1Br. The molecule has 0 aromatic heterocycles. The second-order valence-corrected chi connectivity index (χ2v) is 5.37. The smallest absolute Gasteiger partial charge is 0.310 e. The largest absolute Gasteiger partial charge is 0.497 e. The van der Waals surface area contributed by atoms with Crippen LogP contribution in [0.25, 0.3) is 0 Å². The number of methoxy groups -OCH3 is 1. The monoisotopic (exact) mass is 327 g/mol. The molecular formula is C14H18BrNO3. The van der Waals surface area contributed by atoms with Crippen molar-refractivity contribution in [2.75, 3.05) is 26.8 Å². The highest BCUT2D eigenvalue weighted by molar-refractivity contribution is 9.10. The summed E-state index contributed by atoms with van der Waals surface area (Å²) >= 11 is 3.55. The molecule has 1 aliphatic rings. The van der Waals surface area contributed by atoms with Crippen LogP contribution in [-0.2, 0) is 9.53 Å². The van der Waals surface area contributed by atoms with Gasteiger partial charge in [0.2, 0.25) is 0 Å². The van der Waals surface area contributed by atoms with Crippen LogP contribution >= 0.6 is 15.9 Å². The van der Waals surface area contributed by atoms with E-state index in [1.54, 1.807) is 7.11 Å². The van der Waals surface area contributed by atoms with Crippen molar-refractivity contribution in [1.82, 2.24) is 5.32 Å². The molecule has 0 bridgehead atoms. The zero-order chi connectivity index (χ0) is 13.8. The van der Waals surface area contributed by atoms with E-state index in [0.717, 1.165) is 22.3 Å². The molecule has 1 aromatic carbocycles. The maximum absolute atomic E-state index is 12.0. The first-order valence-corrected chi connectivity index (χ1v) is 7.17. The number of hydrogen-bond acceptors (Lipinski definition) is 4. The summed E-state index contributed by atoms with van der Waals surface area (Å²) in [5.41, 5.74) is 1.11. The number of carbonyl (C=O) groups excluding carboxylic acids is 1. The van der Waals surface area contributed by atoms with Crippen molar-refractivity contribution in [3.8, 4) is 5.75 Å². The van der Waals surface area contributed by atoms with Gasteiger partial charge in [-0.2, -0.15) is 0 Å². The van der Waals surface area contributed by atoms with Gasteiger partial charge in [-0.25, -0.2) is 0 Å². The van der Waals surface area contributed by atoms with Gasteiger partial charge in [-0.15, -0.1) is 0 Å². The number of rotatable bonds is 4. The molecule has 4 nitrogen and oxygen atoms in total. The number of nitrogens with one attached hydrogen (secondary N) is 1. The van der Waals surface area contributed by atoms with Crippen molar-refractivity contribution in [3.63, 3.8) is 0 Å². The van der Waals surface area contributed by atoms with Crippen LogP contribution in [-0.4, -0.2) is 32.8 Å². The quantitative estimate of drug-likeness (QED) is 0.862. The Balaban J connectivity index is 2.22. The van der Waals surface area contributed by atoms with Crippen LogP contribution in [0, 0.1) is 5.92 Å². The lowest BCUT2D eigenvalue weighted by molar-refractivity contribution is -0.147. The second kappa shape index (κ2) is 6.39. The Kier molecular flexibility index (Phi) is 4.82. The van der Waals surface area contributed by atoms with Gasteiger partial charge in [0.15, 0.2) is 0 Å². The lowest BCUT2D eigenvalue weighted by Crippen LogP contribution is -2.24. The lowest BCUT2D eigenvalue weighted by atomic mass is 9.89. The highest BCUT2D eigenvalue weighted by atomic mass is 79.9. The number of esters is 1. The zero-order valence-corrected chi connectivity index (χ0v) is 12.7. The molecule has 0 unspecified atom stereocenters. The van der Waals surface area contributed by atoms with Gasteiger partial charge in [-0.05, 0) is 24.6 Å². The van der Waals surface area contributed by atoms with E-state index < -0.39 is 0 Å². The van der Waals surface area contributed by atoms with Crippen molar-refractivity contribution in [1.29, 1.82) is 0 Å². The van der Waals surface area contributed by atoms with Crippen molar-refractivity contribution >= 4 is 21.9 Å². The molecule has 0 aliphatic carbocycles. The molecule has 1 N–H and O–H groups in total. The number of hydrogen-bond donors (Lipinski definition) is 1. The van der Waals surface area contributed by atoms with Crippen LogP contribution in [0.1, 0.15) is 18.4 Å². The molecular weight excluding hydrogens is 310 g/mol. The fraction of sp³-hybridized carbons (Fsp3) is 0.500. The Labute approximate surface area is 121 Å². The summed E-state index contributed by atoms with van der Waals surface area (Å²) in [5, 5.41) is 3.26. The molecule has 1 saturated heterocycles. The first-order chi connectivity index (χ1) is 9.17. The van der Waals surface area contributed by atoms with E-state index in [9.17, 15) is 4.79 Å². The van der Waals surface area contributed by atoms with E-state index in [0.29, 0.717) is 13.2 Å². The summed E-state index contributed by atoms with van der Waals surface area (Å²) in [7, 11) is 1.64. The number of ether oxygens (including phenoxy) is 2. The molecule has 2 atom stereocenters. The van der Waals surface area contributed by atoms with Crippen LogP contribution in [0.5, 0.6) is 5.75 Å². The molecule has 1 aliphatic heterocycles. The first-order valence-electron chi connectivity index (χ1n) is 6.38. The van der Waals surface area contributed by atoms with Gasteiger partial charge in [-0.1, -0.05) is 22.0 Å². The van der Waals surface area contributed by atoms with E-state index >= 15 is 0 Å². The molecule has 2 rings (SSSR count). The van der Waals surface area contributed by atoms with Crippen LogP contribution < -0.4 is 10.1 Å². The summed E-state index contributed by atoms with van der Waals surface area (Å²) < 4.78 is 11.3. The zero-order valence-electron chi connectivity index (χ0n) is 11.1. The van der Waals surface area contributed by atoms with E-state index in [4.69, 9.17) is 9.47 Å². The van der Waals surface area contributed by atoms with Gasteiger partial charge >= 0.3 is 5.97 Å². The molecule has 0 saturated carbocycles. The molecule has 19 heavy (non-hydrogen) atoms. The number of carbonyl (C=O) groups is 1. The van der Waals surface area contributed by atoms with Crippen LogP contribution in [0.2, 0.25) is 0 Å². The molecule has 104 valence electrons. The standard InChI is InChI=1S/C14H18BrNO3/c1-3-19-14(17)12-8-16-7-11(12)10-5-4-9(18-2)6-13(10)15/h4-6,11-12,16H,3,7-8H2,1-2H3/t11-,12+/m0/s1. The molecule has 1 aromatic rings. The highest BCUT2D eigenvalue weighted by Crippen LogP contribution is 2.35. The van der Waals surface area contributed by atoms with Gasteiger partial charge in [-0.3, -0.25) is 4.79 Å². The Bertz CT molecular complexity index is 464. The first kappa shape index (κ1) is 14.3. The topological polar surface area (TPSA) is 47.6 Å². The van der Waals surface area contributed by atoms with Crippen molar-refractivity contribution in [3.05, 3.63) is 28.2 Å². The third kappa shape index (κ3) is 3.09. The highest BCUT2D eigenvalue weighted by Gasteiger charge is 2.35. The Hall–Kier alpha value is -1.07. The van der Waals surface area contributed by atoms with Gasteiger partial charge in [0.05, 0.1) is 19.6 Å². The maximum atomic E-state index is 12.0. The van der Waals surface area contributed by atoms with Gasteiger partial charge in [0.25, 0.3) is 0 Å². The molecule has 1 fully saturated rings. The number of halogens is 1. The summed E-state index contributed by atoms with van der Waals surface area (Å²) in [6.07, 6.45) is 0. The summed E-state index contributed by atoms with van der Waals surface area (Å²) in [5.74, 6) is 0.693. The third-order valence-corrected chi connectivity index (χ3v) is 4.10. The molecule has 0 amide bonds. The van der Waals surface area contributed by atoms with Crippen LogP contribution in [0.3, 0.4) is 0 Å². The predicted octanol–water partition coefficient (Wildman–Crippen LogP) is 2.32. The summed E-state index contributed by atoms with van der Waals surface area (Å²) in [4.78, 5) is 12.0. The van der Waals surface area contributed by atoms with Crippen molar-refractivity contribution in [2.24, 2.45) is 5.92 Å². The Morgan fingerprint density at radius 1 is 1.47 bits per heavy atom. The molecule has 0 spiro atoms. The minimum atomic E-state index is -0.125. The normalized spacial score (nSPS) is 22.3. The fourth-order valence-electron chi connectivity index (χ4n) is 2.44. The molecule has 1 heterocycles. The number of benzene rings is 1. The van der Waals surface area contributed by atoms with E-state index in [2.05, 4.69) is 21.2 Å². The van der Waals surface area contributed by atoms with Gasteiger partial charge < -0.3 is 14.8 Å². The second-order valence-electron chi connectivity index (χ2n) is 4.51. The Morgan fingerprint density at radius 3 is 2.89 bits per heavy atom. The average Bonchev–Trinajstić information content (AvgIpc) is 2.88. The minimum Gasteiger partial charge on any atom is -0.497 e. The van der Waals surface area contributed by atoms with E-state index in [-0.39, 0.29) is 17.8 Å². The third-order valence-electron chi connectivity index (χ3n) is 3.41. The van der Waals surface area contributed by atoms with Crippen LogP contribution in [0.4, 0.5) is 0 Å². The Morgan fingerprint density at radius 2 is 2.26 bits per heavy atom. The maximum Gasteiger partial charge on any atom is 0.310 e. The fourth-order valence-corrected chi connectivity index (χ4v) is 3.09. The molecule has 0 radical (unpaired) electrons. The van der Waals surface area contributed by atoms with E-state index in [1.807, 2.05) is 25.1 Å². The molecule has 5 heteroatoms. The minimum absolute atomic E-state index is 0.121. The van der Waals surface area contributed by atoms with Crippen molar-refractivity contribution < 1.29 is 14.3 Å².